The average molecular weight is 289 g/mol. The summed E-state index contributed by atoms with van der Waals surface area (Å²) in [6, 6.07) is 6.21. The number of hydrogen-bond donors (Lipinski definition) is 1. The second kappa shape index (κ2) is 5.66. The number of benzene rings is 1. The molecule has 1 amide bonds. The molecule has 0 aliphatic carbocycles. The number of ether oxygens (including phenoxy) is 1. The van der Waals surface area contributed by atoms with E-state index in [1.807, 2.05) is 23.1 Å². The normalized spacial score (nSPS) is 22.9. The summed E-state index contributed by atoms with van der Waals surface area (Å²) >= 11 is 0. The molecule has 0 bridgehead atoms. The number of nitrogens with zero attached hydrogens (tertiary/aromatic N) is 2. The van der Waals surface area contributed by atoms with Gasteiger partial charge in [-0.2, -0.15) is 0 Å². The largest absolute Gasteiger partial charge is 0.399 e. The van der Waals surface area contributed by atoms with Crippen LogP contribution < -0.4 is 10.6 Å². The predicted molar refractivity (Wildman–Crippen MR) is 83.4 cm³/mol. The summed E-state index contributed by atoms with van der Waals surface area (Å²) in [4.78, 5) is 16.5. The summed E-state index contributed by atoms with van der Waals surface area (Å²) in [6.45, 7) is 7.60. The number of anilines is 2. The Balaban J connectivity index is 1.72. The van der Waals surface area contributed by atoms with Gasteiger partial charge in [-0.1, -0.05) is 0 Å². The maximum absolute atomic E-state index is 12.2. The Bertz CT molecular complexity index is 544. The van der Waals surface area contributed by atoms with Crippen molar-refractivity contribution in [3.63, 3.8) is 0 Å². The summed E-state index contributed by atoms with van der Waals surface area (Å²) in [5, 5.41) is 0. The SMILES string of the molecule is CC(C)N1CCOC(CN2C(=O)Cc3cc(N)ccc32)C1. The predicted octanol–water partition coefficient (Wildman–Crippen LogP) is 1.27. The quantitative estimate of drug-likeness (QED) is 0.851. The van der Waals surface area contributed by atoms with Crippen molar-refractivity contribution < 1.29 is 9.53 Å². The van der Waals surface area contributed by atoms with Gasteiger partial charge in [-0.05, 0) is 37.6 Å². The van der Waals surface area contributed by atoms with Crippen molar-refractivity contribution in [3.05, 3.63) is 23.8 Å². The Labute approximate surface area is 125 Å². The first kappa shape index (κ1) is 14.4. The van der Waals surface area contributed by atoms with E-state index in [4.69, 9.17) is 10.5 Å². The van der Waals surface area contributed by atoms with E-state index in [0.717, 1.165) is 30.9 Å². The fraction of sp³-hybridized carbons (Fsp3) is 0.562. The zero-order valence-corrected chi connectivity index (χ0v) is 12.7. The molecule has 1 aromatic carbocycles. The molecule has 2 N–H and O–H groups in total. The second-order valence-electron chi connectivity index (χ2n) is 6.15. The van der Waals surface area contributed by atoms with Gasteiger partial charge in [0.1, 0.15) is 0 Å². The van der Waals surface area contributed by atoms with Crippen LogP contribution in [0, 0.1) is 0 Å². The Hall–Kier alpha value is -1.59. The van der Waals surface area contributed by atoms with Crippen molar-refractivity contribution in [2.45, 2.75) is 32.4 Å². The summed E-state index contributed by atoms with van der Waals surface area (Å²) in [6.07, 6.45) is 0.523. The minimum absolute atomic E-state index is 0.0774. The maximum atomic E-state index is 12.2. The highest BCUT2D eigenvalue weighted by Crippen LogP contribution is 2.31. The van der Waals surface area contributed by atoms with Crippen molar-refractivity contribution in [3.8, 4) is 0 Å². The molecule has 0 spiro atoms. The maximum Gasteiger partial charge on any atom is 0.231 e. The number of hydrogen-bond acceptors (Lipinski definition) is 4. The molecule has 1 aromatic rings. The lowest BCUT2D eigenvalue weighted by Gasteiger charge is -2.37. The van der Waals surface area contributed by atoms with Crippen LogP contribution in [0.2, 0.25) is 0 Å². The highest BCUT2D eigenvalue weighted by molar-refractivity contribution is 6.01. The van der Waals surface area contributed by atoms with Crippen LogP contribution in [0.25, 0.3) is 0 Å². The molecule has 0 aromatic heterocycles. The van der Waals surface area contributed by atoms with Gasteiger partial charge >= 0.3 is 0 Å². The molecule has 3 rings (SSSR count). The summed E-state index contributed by atoms with van der Waals surface area (Å²) in [5.74, 6) is 0.140. The third-order valence-corrected chi connectivity index (χ3v) is 4.32. The first-order valence-electron chi connectivity index (χ1n) is 7.59. The molecular weight excluding hydrogens is 266 g/mol. The Morgan fingerprint density at radius 3 is 3.00 bits per heavy atom. The molecule has 5 heteroatoms. The molecule has 114 valence electrons. The van der Waals surface area contributed by atoms with E-state index in [-0.39, 0.29) is 12.0 Å². The highest BCUT2D eigenvalue weighted by Gasteiger charge is 2.31. The van der Waals surface area contributed by atoms with E-state index in [0.29, 0.717) is 24.7 Å². The molecule has 0 saturated carbocycles. The van der Waals surface area contributed by atoms with Gasteiger partial charge in [-0.3, -0.25) is 9.69 Å². The minimum Gasteiger partial charge on any atom is -0.399 e. The molecule has 2 aliphatic rings. The molecular formula is C16H23N3O2. The zero-order valence-electron chi connectivity index (χ0n) is 12.7. The van der Waals surface area contributed by atoms with Crippen LogP contribution >= 0.6 is 0 Å². The number of fused-ring (bicyclic) bond motifs is 1. The van der Waals surface area contributed by atoms with E-state index in [2.05, 4.69) is 18.7 Å². The van der Waals surface area contributed by atoms with Gasteiger partial charge in [0, 0.05) is 30.5 Å². The molecule has 0 radical (unpaired) electrons. The Kier molecular flexibility index (Phi) is 3.87. The van der Waals surface area contributed by atoms with E-state index >= 15 is 0 Å². The number of nitrogens with two attached hydrogens (primary N) is 1. The van der Waals surface area contributed by atoms with Crippen LogP contribution in [0.3, 0.4) is 0 Å². The van der Waals surface area contributed by atoms with Crippen LogP contribution in [-0.4, -0.2) is 49.2 Å². The van der Waals surface area contributed by atoms with Gasteiger partial charge in [-0.15, -0.1) is 0 Å². The molecule has 1 unspecified atom stereocenters. The molecule has 2 heterocycles. The third kappa shape index (κ3) is 2.89. The standard InChI is InChI=1S/C16H23N3O2/c1-11(2)18-5-6-21-14(9-18)10-19-15-4-3-13(17)7-12(15)8-16(19)20/h3-4,7,11,14H,5-6,8-10,17H2,1-2H3. The van der Waals surface area contributed by atoms with Crippen LogP contribution in [0.1, 0.15) is 19.4 Å². The fourth-order valence-electron chi connectivity index (χ4n) is 3.13. The molecule has 21 heavy (non-hydrogen) atoms. The monoisotopic (exact) mass is 289 g/mol. The van der Waals surface area contributed by atoms with Crippen molar-refractivity contribution >= 4 is 17.3 Å². The molecule has 5 nitrogen and oxygen atoms in total. The smallest absolute Gasteiger partial charge is 0.231 e. The van der Waals surface area contributed by atoms with Crippen molar-refractivity contribution in [2.24, 2.45) is 0 Å². The highest BCUT2D eigenvalue weighted by atomic mass is 16.5. The fourth-order valence-corrected chi connectivity index (χ4v) is 3.13. The lowest BCUT2D eigenvalue weighted by molar-refractivity contribution is -0.118. The van der Waals surface area contributed by atoms with Crippen LogP contribution in [0.5, 0.6) is 0 Å². The third-order valence-electron chi connectivity index (χ3n) is 4.32. The van der Waals surface area contributed by atoms with Gasteiger partial charge in [0.05, 0.1) is 25.7 Å². The molecule has 1 atom stereocenters. The van der Waals surface area contributed by atoms with Crippen molar-refractivity contribution in [1.82, 2.24) is 4.90 Å². The molecule has 1 fully saturated rings. The lowest BCUT2D eigenvalue weighted by Crippen LogP contribution is -2.50. The Morgan fingerprint density at radius 2 is 2.24 bits per heavy atom. The molecule has 2 aliphatic heterocycles. The van der Waals surface area contributed by atoms with Gasteiger partial charge in [0.2, 0.25) is 5.91 Å². The van der Waals surface area contributed by atoms with Crippen molar-refractivity contribution in [1.29, 1.82) is 0 Å². The number of carbonyl (C=O) groups excluding carboxylic acids is 1. The molecule has 1 saturated heterocycles. The van der Waals surface area contributed by atoms with Crippen LogP contribution in [-0.2, 0) is 16.0 Å². The first-order chi connectivity index (χ1) is 10.0. The summed E-state index contributed by atoms with van der Waals surface area (Å²) < 4.78 is 5.85. The van der Waals surface area contributed by atoms with E-state index in [9.17, 15) is 4.79 Å². The van der Waals surface area contributed by atoms with E-state index < -0.39 is 0 Å². The Morgan fingerprint density at radius 1 is 1.43 bits per heavy atom. The zero-order chi connectivity index (χ0) is 15.0. The van der Waals surface area contributed by atoms with Crippen LogP contribution in [0.4, 0.5) is 11.4 Å². The summed E-state index contributed by atoms with van der Waals surface area (Å²) in [5.41, 5.74) is 8.52. The number of rotatable bonds is 3. The van der Waals surface area contributed by atoms with E-state index in [1.165, 1.54) is 0 Å². The van der Waals surface area contributed by atoms with Crippen molar-refractivity contribution in [2.75, 3.05) is 36.9 Å². The number of carbonyl (C=O) groups is 1. The minimum atomic E-state index is 0.0774. The number of nitrogen functional groups attached to an aromatic ring is 1. The van der Waals surface area contributed by atoms with E-state index in [1.54, 1.807) is 0 Å². The van der Waals surface area contributed by atoms with Gasteiger partial charge < -0.3 is 15.4 Å². The topological polar surface area (TPSA) is 58.8 Å². The second-order valence-corrected chi connectivity index (χ2v) is 6.15. The number of morpholine rings is 1. The average Bonchev–Trinajstić information content (AvgIpc) is 2.74. The lowest BCUT2D eigenvalue weighted by atomic mass is 10.1. The van der Waals surface area contributed by atoms with Gasteiger partial charge in [0.25, 0.3) is 0 Å². The van der Waals surface area contributed by atoms with Gasteiger partial charge in [0.15, 0.2) is 0 Å². The number of amides is 1. The van der Waals surface area contributed by atoms with Crippen LogP contribution in [0.15, 0.2) is 18.2 Å². The summed E-state index contributed by atoms with van der Waals surface area (Å²) in [7, 11) is 0. The van der Waals surface area contributed by atoms with Gasteiger partial charge in [-0.25, -0.2) is 0 Å². The first-order valence-corrected chi connectivity index (χ1v) is 7.59.